The lowest BCUT2D eigenvalue weighted by Crippen LogP contribution is -2.52. The zero-order valence-corrected chi connectivity index (χ0v) is 16.7. The third kappa shape index (κ3) is 5.65. The Kier molecular flexibility index (Phi) is 7.63. The Balaban J connectivity index is 2.11. The molecular formula is C19H27ClN2O2S. The summed E-state index contributed by atoms with van der Waals surface area (Å²) < 4.78 is 0. The summed E-state index contributed by atoms with van der Waals surface area (Å²) in [6.45, 7) is 5.88. The molecule has 138 valence electrons. The number of carbonyl (C=O) groups excluding carboxylic acids is 2. The first kappa shape index (κ1) is 20.1. The monoisotopic (exact) mass is 382 g/mol. The lowest BCUT2D eigenvalue weighted by molar-refractivity contribution is -0.136. The Hall–Kier alpha value is -1.20. The van der Waals surface area contributed by atoms with Crippen molar-refractivity contribution in [3.05, 3.63) is 34.9 Å². The molecule has 1 aromatic rings. The minimum Gasteiger partial charge on any atom is -0.340 e. The summed E-state index contributed by atoms with van der Waals surface area (Å²) in [7, 11) is 0. The van der Waals surface area contributed by atoms with Gasteiger partial charge in [0, 0.05) is 13.1 Å². The first-order chi connectivity index (χ1) is 11.9. The lowest BCUT2D eigenvalue weighted by atomic mass is 9.91. The second kappa shape index (κ2) is 9.48. The van der Waals surface area contributed by atoms with Crippen LogP contribution >= 0.6 is 23.4 Å². The van der Waals surface area contributed by atoms with E-state index in [-0.39, 0.29) is 11.8 Å². The summed E-state index contributed by atoms with van der Waals surface area (Å²) in [5.41, 5.74) is 0.409. The first-order valence-corrected chi connectivity index (χ1v) is 10.5. The highest BCUT2D eigenvalue weighted by Crippen LogP contribution is 2.22. The third-order valence-electron chi connectivity index (χ3n) is 4.51. The van der Waals surface area contributed by atoms with E-state index < -0.39 is 6.04 Å². The number of carbonyl (C=O) groups is 2. The quantitative estimate of drug-likeness (QED) is 0.816. The van der Waals surface area contributed by atoms with Gasteiger partial charge in [0.15, 0.2) is 0 Å². The average molecular weight is 383 g/mol. The molecule has 0 aliphatic carbocycles. The van der Waals surface area contributed by atoms with Crippen LogP contribution in [0.5, 0.6) is 0 Å². The summed E-state index contributed by atoms with van der Waals surface area (Å²) in [6.07, 6.45) is 3.77. The van der Waals surface area contributed by atoms with Gasteiger partial charge in [-0.1, -0.05) is 37.6 Å². The van der Waals surface area contributed by atoms with Gasteiger partial charge in [0.1, 0.15) is 6.04 Å². The van der Waals surface area contributed by atoms with E-state index in [0.717, 1.165) is 25.3 Å². The van der Waals surface area contributed by atoms with Crippen LogP contribution in [0.3, 0.4) is 0 Å². The van der Waals surface area contributed by atoms with Crippen LogP contribution in [-0.4, -0.2) is 47.9 Å². The SMILES string of the molecule is CSCCC(NC(=O)c1ccccc1Cl)C(=O)N1CC(C)CC(C)C1. The van der Waals surface area contributed by atoms with Crippen molar-refractivity contribution in [3.63, 3.8) is 0 Å². The zero-order valence-electron chi connectivity index (χ0n) is 15.1. The largest absolute Gasteiger partial charge is 0.340 e. The van der Waals surface area contributed by atoms with E-state index in [2.05, 4.69) is 19.2 Å². The van der Waals surface area contributed by atoms with E-state index in [9.17, 15) is 9.59 Å². The van der Waals surface area contributed by atoms with Crippen molar-refractivity contribution >= 4 is 35.2 Å². The van der Waals surface area contributed by atoms with Gasteiger partial charge in [-0.25, -0.2) is 0 Å². The fraction of sp³-hybridized carbons (Fsp3) is 0.579. The molecule has 1 saturated heterocycles. The molecule has 0 saturated carbocycles. The van der Waals surface area contributed by atoms with Gasteiger partial charge in [0.2, 0.25) is 5.91 Å². The van der Waals surface area contributed by atoms with Crippen molar-refractivity contribution in [2.45, 2.75) is 32.7 Å². The minimum atomic E-state index is -0.506. The van der Waals surface area contributed by atoms with Crippen molar-refractivity contribution in [2.75, 3.05) is 25.1 Å². The van der Waals surface area contributed by atoms with Crippen LogP contribution in [0, 0.1) is 11.8 Å². The molecule has 4 nitrogen and oxygen atoms in total. The molecule has 1 aliphatic rings. The zero-order chi connectivity index (χ0) is 18.4. The summed E-state index contributed by atoms with van der Waals surface area (Å²) in [4.78, 5) is 27.5. The molecule has 1 aromatic carbocycles. The van der Waals surface area contributed by atoms with Crippen molar-refractivity contribution in [2.24, 2.45) is 11.8 Å². The van der Waals surface area contributed by atoms with Crippen LogP contribution < -0.4 is 5.32 Å². The Morgan fingerprint density at radius 3 is 2.52 bits per heavy atom. The molecule has 1 heterocycles. The van der Waals surface area contributed by atoms with E-state index in [1.54, 1.807) is 36.0 Å². The van der Waals surface area contributed by atoms with Gasteiger partial charge in [-0.3, -0.25) is 9.59 Å². The van der Waals surface area contributed by atoms with Crippen LogP contribution in [0.15, 0.2) is 24.3 Å². The smallest absolute Gasteiger partial charge is 0.253 e. The molecule has 0 radical (unpaired) electrons. The van der Waals surface area contributed by atoms with Gasteiger partial charge in [-0.05, 0) is 48.8 Å². The molecule has 2 amide bonds. The molecule has 0 spiro atoms. The Bertz CT molecular complexity index is 601. The molecule has 3 unspecified atom stereocenters. The van der Waals surface area contributed by atoms with Gasteiger partial charge < -0.3 is 10.2 Å². The van der Waals surface area contributed by atoms with Crippen LogP contribution in [0.2, 0.25) is 5.02 Å². The molecule has 6 heteroatoms. The molecule has 0 aromatic heterocycles. The standard InChI is InChI=1S/C19H27ClN2O2S/c1-13-10-14(2)12-22(11-13)19(24)17(8-9-25-3)21-18(23)15-6-4-5-7-16(15)20/h4-7,13-14,17H,8-12H2,1-3H3,(H,21,23). The number of likely N-dealkylation sites (tertiary alicyclic amines) is 1. The number of hydrogen-bond donors (Lipinski definition) is 1. The minimum absolute atomic E-state index is 0.0212. The number of amides is 2. The van der Waals surface area contributed by atoms with E-state index in [1.165, 1.54) is 0 Å². The summed E-state index contributed by atoms with van der Waals surface area (Å²) in [5.74, 6) is 1.54. The lowest BCUT2D eigenvalue weighted by Gasteiger charge is -2.37. The number of nitrogens with zero attached hydrogens (tertiary/aromatic N) is 1. The van der Waals surface area contributed by atoms with E-state index in [1.807, 2.05) is 11.2 Å². The molecule has 1 N–H and O–H groups in total. The van der Waals surface area contributed by atoms with E-state index >= 15 is 0 Å². The molecule has 1 fully saturated rings. The highest BCUT2D eigenvalue weighted by atomic mass is 35.5. The number of halogens is 1. The van der Waals surface area contributed by atoms with Gasteiger partial charge >= 0.3 is 0 Å². The van der Waals surface area contributed by atoms with Crippen molar-refractivity contribution in [1.82, 2.24) is 10.2 Å². The third-order valence-corrected chi connectivity index (χ3v) is 5.49. The van der Waals surface area contributed by atoms with Gasteiger partial charge in [0.25, 0.3) is 5.91 Å². The number of hydrogen-bond acceptors (Lipinski definition) is 3. The normalized spacial score (nSPS) is 21.7. The summed E-state index contributed by atoms with van der Waals surface area (Å²) in [5, 5.41) is 3.31. The predicted molar refractivity (Wildman–Crippen MR) is 105 cm³/mol. The van der Waals surface area contributed by atoms with Gasteiger partial charge in [0.05, 0.1) is 10.6 Å². The summed E-state index contributed by atoms with van der Waals surface area (Å²) in [6, 6.07) is 6.41. The number of rotatable bonds is 6. The van der Waals surface area contributed by atoms with Crippen LogP contribution in [-0.2, 0) is 4.79 Å². The first-order valence-electron chi connectivity index (χ1n) is 8.75. The van der Waals surface area contributed by atoms with E-state index in [4.69, 9.17) is 11.6 Å². The maximum atomic E-state index is 13.0. The molecule has 3 atom stereocenters. The summed E-state index contributed by atoms with van der Waals surface area (Å²) >= 11 is 7.79. The number of piperidine rings is 1. The van der Waals surface area contributed by atoms with Crippen LogP contribution in [0.4, 0.5) is 0 Å². The maximum Gasteiger partial charge on any atom is 0.253 e. The number of nitrogens with one attached hydrogen (secondary N) is 1. The fourth-order valence-electron chi connectivity index (χ4n) is 3.44. The molecular weight excluding hydrogens is 356 g/mol. The Morgan fingerprint density at radius 1 is 1.28 bits per heavy atom. The van der Waals surface area contributed by atoms with Crippen LogP contribution in [0.1, 0.15) is 37.0 Å². The fourth-order valence-corrected chi connectivity index (χ4v) is 4.13. The predicted octanol–water partition coefficient (Wildman–Crippen LogP) is 3.70. The van der Waals surface area contributed by atoms with Gasteiger partial charge in [-0.15, -0.1) is 0 Å². The van der Waals surface area contributed by atoms with Crippen LogP contribution in [0.25, 0.3) is 0 Å². The second-order valence-electron chi connectivity index (χ2n) is 6.98. The Morgan fingerprint density at radius 2 is 1.92 bits per heavy atom. The highest BCUT2D eigenvalue weighted by molar-refractivity contribution is 7.98. The molecule has 2 rings (SSSR count). The average Bonchev–Trinajstić information content (AvgIpc) is 2.57. The van der Waals surface area contributed by atoms with Crippen molar-refractivity contribution in [3.8, 4) is 0 Å². The molecule has 0 bridgehead atoms. The molecule has 1 aliphatic heterocycles. The number of benzene rings is 1. The van der Waals surface area contributed by atoms with Crippen molar-refractivity contribution < 1.29 is 9.59 Å². The highest BCUT2D eigenvalue weighted by Gasteiger charge is 2.31. The molecule has 25 heavy (non-hydrogen) atoms. The topological polar surface area (TPSA) is 49.4 Å². The second-order valence-corrected chi connectivity index (χ2v) is 8.37. The van der Waals surface area contributed by atoms with Gasteiger partial charge in [-0.2, -0.15) is 11.8 Å². The Labute approximate surface area is 159 Å². The van der Waals surface area contributed by atoms with E-state index in [0.29, 0.717) is 28.8 Å². The van der Waals surface area contributed by atoms with Crippen molar-refractivity contribution in [1.29, 1.82) is 0 Å². The maximum absolute atomic E-state index is 13.0. The number of thioether (sulfide) groups is 1.